The van der Waals surface area contributed by atoms with Crippen LogP contribution in [0.4, 0.5) is 0 Å². The van der Waals surface area contributed by atoms with Crippen molar-refractivity contribution in [3.8, 4) is 0 Å². The number of benzene rings is 2. The number of aryl methyl sites for hydroxylation is 2. The molecule has 3 nitrogen and oxygen atoms in total. The van der Waals surface area contributed by atoms with Crippen LogP contribution in [0.2, 0.25) is 0 Å². The van der Waals surface area contributed by atoms with Gasteiger partial charge in [0.1, 0.15) is 0 Å². The maximum atomic E-state index is 12.0. The second kappa shape index (κ2) is 18.8. The average molecular weight is 507 g/mol. The lowest BCUT2D eigenvalue weighted by molar-refractivity contribution is -0.148. The van der Waals surface area contributed by atoms with Crippen LogP contribution in [0.25, 0.3) is 0 Å². The lowest BCUT2D eigenvalue weighted by Crippen LogP contribution is -2.33. The van der Waals surface area contributed by atoms with Crippen LogP contribution in [-0.4, -0.2) is 22.3 Å². The summed E-state index contributed by atoms with van der Waals surface area (Å²) in [5, 5.41) is 20.2. The molecule has 204 valence electrons. The second-order valence-electron chi connectivity index (χ2n) is 10.8. The maximum Gasteiger partial charge on any atom is 0.309 e. The zero-order chi connectivity index (χ0) is 26.7. The number of aliphatic hydroxyl groups is 1. The molecule has 0 spiro atoms. The molecule has 37 heavy (non-hydrogen) atoms. The number of hydrogen-bond acceptors (Lipinski definition) is 2. The van der Waals surface area contributed by atoms with E-state index in [1.165, 1.54) is 43.2 Å². The normalized spacial score (nSPS) is 14.9. The Morgan fingerprint density at radius 3 is 1.97 bits per heavy atom. The quantitative estimate of drug-likeness (QED) is 0.139. The van der Waals surface area contributed by atoms with Gasteiger partial charge in [0.05, 0.1) is 12.0 Å². The first-order valence-corrected chi connectivity index (χ1v) is 14.6. The molecule has 0 amide bonds. The van der Waals surface area contributed by atoms with E-state index in [0.29, 0.717) is 5.92 Å². The van der Waals surface area contributed by atoms with Gasteiger partial charge in [-0.25, -0.2) is 0 Å². The Hall–Kier alpha value is -2.39. The largest absolute Gasteiger partial charge is 0.481 e. The molecule has 0 saturated carbocycles. The number of carboxylic acid groups (broad SMARTS) is 1. The lowest BCUT2D eigenvalue weighted by atomic mass is 9.79. The van der Waals surface area contributed by atoms with Crippen molar-refractivity contribution in [2.24, 2.45) is 17.8 Å². The molecular formula is C34H50O3. The van der Waals surface area contributed by atoms with E-state index in [2.05, 4.69) is 61.5 Å². The van der Waals surface area contributed by atoms with Gasteiger partial charge in [-0.2, -0.15) is 0 Å². The number of aliphatic hydroxyl groups excluding tert-OH is 1. The Morgan fingerprint density at radius 1 is 0.784 bits per heavy atom. The van der Waals surface area contributed by atoms with Gasteiger partial charge in [-0.05, 0) is 81.3 Å². The summed E-state index contributed by atoms with van der Waals surface area (Å²) in [6.45, 7) is 3.88. The zero-order valence-corrected chi connectivity index (χ0v) is 23.2. The molecule has 0 bridgehead atoms. The van der Waals surface area contributed by atoms with E-state index in [-0.39, 0.29) is 5.92 Å². The van der Waals surface area contributed by atoms with Crippen molar-refractivity contribution in [3.63, 3.8) is 0 Å². The molecule has 0 aliphatic rings. The molecule has 0 aliphatic heterocycles. The zero-order valence-electron chi connectivity index (χ0n) is 23.2. The Morgan fingerprint density at radius 2 is 1.41 bits per heavy atom. The van der Waals surface area contributed by atoms with E-state index < -0.39 is 18.0 Å². The fourth-order valence-electron chi connectivity index (χ4n) is 5.46. The van der Waals surface area contributed by atoms with Crippen LogP contribution >= 0.6 is 0 Å². The highest BCUT2D eigenvalue weighted by molar-refractivity contribution is 5.71. The number of aliphatic carboxylic acids is 1. The van der Waals surface area contributed by atoms with E-state index >= 15 is 0 Å². The summed E-state index contributed by atoms with van der Waals surface area (Å²) in [7, 11) is 0. The Labute approximate surface area is 226 Å². The van der Waals surface area contributed by atoms with Crippen molar-refractivity contribution in [2.45, 2.75) is 103 Å². The van der Waals surface area contributed by atoms with Crippen LogP contribution in [0.15, 0.2) is 72.8 Å². The van der Waals surface area contributed by atoms with Gasteiger partial charge < -0.3 is 10.2 Å². The number of carboxylic acids is 1. The third-order valence-corrected chi connectivity index (χ3v) is 7.69. The number of allylic oxidation sites excluding steroid dienone is 2. The standard InChI is InChI=1S/C34H50O3/c1-3-4-5-6-7-8-11-17-31(25-24-29-18-12-9-13-19-29)22-16-23-32(33(28(2)35)34(36)37)27-26-30-20-14-10-15-21-30/h8-15,18-21,28,31-33,35H,3-7,16-17,22-27H2,1-2H3,(H,36,37)/t28-,31+,32+,33+/m0/s1. The van der Waals surface area contributed by atoms with Crippen molar-refractivity contribution in [1.82, 2.24) is 0 Å². The van der Waals surface area contributed by atoms with Gasteiger partial charge in [0, 0.05) is 0 Å². The monoisotopic (exact) mass is 506 g/mol. The first-order chi connectivity index (χ1) is 18.0. The van der Waals surface area contributed by atoms with Crippen LogP contribution in [0.5, 0.6) is 0 Å². The highest BCUT2D eigenvalue weighted by Gasteiger charge is 2.31. The number of carbonyl (C=O) groups is 1. The Kier molecular flexibility index (Phi) is 15.7. The molecule has 2 aromatic carbocycles. The molecular weight excluding hydrogens is 456 g/mol. The summed E-state index contributed by atoms with van der Waals surface area (Å²) in [6.07, 6.45) is 18.2. The third kappa shape index (κ3) is 13.1. The van der Waals surface area contributed by atoms with Gasteiger partial charge in [0.15, 0.2) is 0 Å². The second-order valence-corrected chi connectivity index (χ2v) is 10.8. The van der Waals surface area contributed by atoms with Crippen molar-refractivity contribution < 1.29 is 15.0 Å². The minimum absolute atomic E-state index is 0.0263. The summed E-state index contributed by atoms with van der Waals surface area (Å²) in [4.78, 5) is 12.0. The van der Waals surface area contributed by atoms with Crippen molar-refractivity contribution >= 4 is 5.97 Å². The SMILES string of the molecule is CCCCCCC=CC[C@H](CCC[C@H](CCc1ccccc1)[C@H](C(=O)O)[C@H](C)O)CCc1ccccc1. The van der Waals surface area contributed by atoms with Crippen LogP contribution in [0.1, 0.15) is 95.6 Å². The molecule has 3 heteroatoms. The number of hydrogen-bond donors (Lipinski definition) is 2. The van der Waals surface area contributed by atoms with Crippen LogP contribution in [0, 0.1) is 17.8 Å². The van der Waals surface area contributed by atoms with Crippen molar-refractivity contribution in [3.05, 3.63) is 83.9 Å². The van der Waals surface area contributed by atoms with Gasteiger partial charge in [-0.15, -0.1) is 0 Å². The summed E-state index contributed by atoms with van der Waals surface area (Å²) < 4.78 is 0. The summed E-state index contributed by atoms with van der Waals surface area (Å²) in [6, 6.07) is 21.0. The lowest BCUT2D eigenvalue weighted by Gasteiger charge is -2.27. The molecule has 0 heterocycles. The molecule has 2 N–H and O–H groups in total. The molecule has 4 atom stereocenters. The van der Waals surface area contributed by atoms with Gasteiger partial charge in [0.2, 0.25) is 0 Å². The van der Waals surface area contributed by atoms with Crippen molar-refractivity contribution in [1.29, 1.82) is 0 Å². The molecule has 2 aromatic rings. The molecule has 0 unspecified atom stereocenters. The first-order valence-electron chi connectivity index (χ1n) is 14.6. The fraction of sp³-hybridized carbons (Fsp3) is 0.559. The predicted molar refractivity (Wildman–Crippen MR) is 156 cm³/mol. The van der Waals surface area contributed by atoms with E-state index in [1.54, 1.807) is 6.92 Å². The summed E-state index contributed by atoms with van der Waals surface area (Å²) in [5.74, 6) is -1.02. The molecule has 0 saturated heterocycles. The predicted octanol–water partition coefficient (Wildman–Crippen LogP) is 8.65. The van der Waals surface area contributed by atoms with Gasteiger partial charge in [-0.3, -0.25) is 4.79 Å². The minimum atomic E-state index is -0.875. The van der Waals surface area contributed by atoms with Crippen molar-refractivity contribution in [2.75, 3.05) is 0 Å². The molecule has 0 radical (unpaired) electrons. The molecule has 0 aliphatic carbocycles. The van der Waals surface area contributed by atoms with Gasteiger partial charge in [-0.1, -0.05) is 112 Å². The summed E-state index contributed by atoms with van der Waals surface area (Å²) in [5.41, 5.74) is 2.61. The minimum Gasteiger partial charge on any atom is -0.481 e. The Balaban J connectivity index is 1.96. The fourth-order valence-corrected chi connectivity index (χ4v) is 5.46. The van der Waals surface area contributed by atoms with Crippen LogP contribution < -0.4 is 0 Å². The van der Waals surface area contributed by atoms with Crippen LogP contribution in [-0.2, 0) is 17.6 Å². The third-order valence-electron chi connectivity index (χ3n) is 7.69. The number of unbranched alkanes of at least 4 members (excludes halogenated alkanes) is 4. The van der Waals surface area contributed by atoms with E-state index in [0.717, 1.165) is 51.4 Å². The smallest absolute Gasteiger partial charge is 0.309 e. The molecule has 0 aromatic heterocycles. The number of rotatable bonds is 20. The van der Waals surface area contributed by atoms with E-state index in [9.17, 15) is 15.0 Å². The molecule has 2 rings (SSSR count). The van der Waals surface area contributed by atoms with Crippen LogP contribution in [0.3, 0.4) is 0 Å². The van der Waals surface area contributed by atoms with Gasteiger partial charge in [0.25, 0.3) is 0 Å². The van der Waals surface area contributed by atoms with E-state index in [4.69, 9.17) is 0 Å². The average Bonchev–Trinajstić information content (AvgIpc) is 2.90. The first kappa shape index (κ1) is 30.8. The topological polar surface area (TPSA) is 57.5 Å². The maximum absolute atomic E-state index is 12.0. The highest BCUT2D eigenvalue weighted by atomic mass is 16.4. The van der Waals surface area contributed by atoms with Gasteiger partial charge >= 0.3 is 5.97 Å². The molecule has 0 fully saturated rings. The van der Waals surface area contributed by atoms with E-state index in [1.807, 2.05) is 18.2 Å². The highest BCUT2D eigenvalue weighted by Crippen LogP contribution is 2.30. The summed E-state index contributed by atoms with van der Waals surface area (Å²) >= 11 is 0. The Bertz CT molecular complexity index is 859.